The van der Waals surface area contributed by atoms with Gasteiger partial charge in [0.1, 0.15) is 17.0 Å². The van der Waals surface area contributed by atoms with E-state index in [-0.39, 0.29) is 22.4 Å². The first-order valence-corrected chi connectivity index (χ1v) is 9.45. The molecule has 0 fully saturated rings. The first-order chi connectivity index (χ1) is 15.0. The lowest BCUT2D eigenvalue weighted by Gasteiger charge is -2.12. The van der Waals surface area contributed by atoms with Crippen LogP contribution in [-0.4, -0.2) is 32.6 Å². The lowest BCUT2D eigenvalue weighted by Crippen LogP contribution is -2.32. The molecule has 31 heavy (non-hydrogen) atoms. The molecule has 0 N–H and O–H groups in total. The number of fused-ring (bicyclic) bond motifs is 1. The summed E-state index contributed by atoms with van der Waals surface area (Å²) in [6.45, 7) is 1.77. The topological polar surface area (TPSA) is 94.6 Å². The zero-order valence-corrected chi connectivity index (χ0v) is 16.3. The highest BCUT2D eigenvalue weighted by atomic mass is 16.7. The smallest absolute Gasteiger partial charge is 0.367 e. The van der Waals surface area contributed by atoms with Crippen molar-refractivity contribution in [3.05, 3.63) is 95.4 Å². The quantitative estimate of drug-likeness (QED) is 0.472. The number of rotatable bonds is 4. The van der Waals surface area contributed by atoms with Crippen LogP contribution in [-0.2, 0) is 4.84 Å². The Bertz CT molecular complexity index is 1300. The number of hydroxylamine groups is 2. The Labute approximate surface area is 176 Å². The van der Waals surface area contributed by atoms with Gasteiger partial charge in [-0.25, -0.2) is 9.48 Å². The Morgan fingerprint density at radius 1 is 0.903 bits per heavy atom. The summed E-state index contributed by atoms with van der Waals surface area (Å²) >= 11 is 0. The van der Waals surface area contributed by atoms with Crippen LogP contribution >= 0.6 is 0 Å². The summed E-state index contributed by atoms with van der Waals surface area (Å²) in [6, 6.07) is 18.9. The minimum absolute atomic E-state index is 0.0507. The molecule has 0 atom stereocenters. The standard InChI is InChI=1S/C23H15N3O5/c1-14-11-12-19(30-14)20-18(13-25(24-20)15-7-3-2-4-8-15)23(29)31-26-21(27)16-9-5-6-10-17(16)22(26)28/h2-13H,1H3. The molecule has 0 saturated heterocycles. The molecule has 2 aromatic carbocycles. The van der Waals surface area contributed by atoms with E-state index >= 15 is 0 Å². The van der Waals surface area contributed by atoms with Gasteiger partial charge in [0.15, 0.2) is 5.76 Å². The second-order valence-corrected chi connectivity index (χ2v) is 6.91. The molecule has 0 aliphatic carbocycles. The Balaban J connectivity index is 1.52. The molecule has 1 aliphatic heterocycles. The van der Waals surface area contributed by atoms with Gasteiger partial charge in [0.05, 0.1) is 16.8 Å². The fourth-order valence-corrected chi connectivity index (χ4v) is 3.36. The maximum Gasteiger partial charge on any atom is 0.367 e. The van der Waals surface area contributed by atoms with Gasteiger partial charge >= 0.3 is 5.97 Å². The normalized spacial score (nSPS) is 12.9. The van der Waals surface area contributed by atoms with Crippen LogP contribution in [0.15, 0.2) is 77.3 Å². The van der Waals surface area contributed by atoms with E-state index in [0.717, 1.165) is 0 Å². The summed E-state index contributed by atoms with van der Waals surface area (Å²) in [7, 11) is 0. The summed E-state index contributed by atoms with van der Waals surface area (Å²) in [5.74, 6) is -1.29. The molecule has 5 rings (SSSR count). The molecular formula is C23H15N3O5. The first kappa shape index (κ1) is 18.6. The highest BCUT2D eigenvalue weighted by Crippen LogP contribution is 2.28. The maximum atomic E-state index is 13.0. The fraction of sp³-hybridized carbons (Fsp3) is 0.0435. The highest BCUT2D eigenvalue weighted by Gasteiger charge is 2.39. The van der Waals surface area contributed by atoms with Gasteiger partial charge in [-0.15, -0.1) is 0 Å². The molecule has 3 heterocycles. The SMILES string of the molecule is Cc1ccc(-c2nn(-c3ccccc3)cc2C(=O)ON2C(=O)c3ccccc3C2=O)o1. The van der Waals surface area contributed by atoms with Crippen molar-refractivity contribution in [3.8, 4) is 17.1 Å². The highest BCUT2D eigenvalue weighted by molar-refractivity contribution is 6.21. The third-order valence-corrected chi connectivity index (χ3v) is 4.86. The van der Waals surface area contributed by atoms with Gasteiger partial charge in [-0.05, 0) is 43.3 Å². The molecule has 0 bridgehead atoms. The summed E-state index contributed by atoms with van der Waals surface area (Å²) < 4.78 is 7.15. The number of carbonyl (C=O) groups excluding carboxylic acids is 3. The van der Waals surface area contributed by atoms with E-state index in [1.165, 1.54) is 23.0 Å². The minimum atomic E-state index is -0.902. The molecule has 0 unspecified atom stereocenters. The molecule has 1 aliphatic rings. The Hall–Kier alpha value is -4.46. The van der Waals surface area contributed by atoms with Crippen molar-refractivity contribution in [2.45, 2.75) is 6.92 Å². The van der Waals surface area contributed by atoms with E-state index in [2.05, 4.69) is 5.10 Å². The lowest BCUT2D eigenvalue weighted by molar-refractivity contribution is -0.0584. The average Bonchev–Trinajstić information content (AvgIpc) is 3.48. The summed E-state index contributed by atoms with van der Waals surface area (Å²) in [4.78, 5) is 43.3. The molecule has 2 aromatic heterocycles. The summed E-state index contributed by atoms with van der Waals surface area (Å²) in [6.07, 6.45) is 1.48. The van der Waals surface area contributed by atoms with Crippen LogP contribution in [0.1, 0.15) is 36.8 Å². The molecule has 0 saturated carbocycles. The van der Waals surface area contributed by atoms with Gasteiger partial charge in [0.2, 0.25) is 0 Å². The van der Waals surface area contributed by atoms with E-state index in [1.807, 2.05) is 30.3 Å². The van der Waals surface area contributed by atoms with Crippen LogP contribution in [0, 0.1) is 6.92 Å². The molecular weight excluding hydrogens is 398 g/mol. The van der Waals surface area contributed by atoms with Gasteiger partial charge < -0.3 is 9.25 Å². The number of aromatic nitrogens is 2. The van der Waals surface area contributed by atoms with Crippen molar-refractivity contribution in [2.24, 2.45) is 0 Å². The third kappa shape index (κ3) is 3.10. The van der Waals surface area contributed by atoms with Crippen LogP contribution in [0.4, 0.5) is 0 Å². The van der Waals surface area contributed by atoms with Crippen LogP contribution in [0.3, 0.4) is 0 Å². The van der Waals surface area contributed by atoms with Crippen molar-refractivity contribution < 1.29 is 23.6 Å². The van der Waals surface area contributed by atoms with Crippen LogP contribution < -0.4 is 0 Å². The maximum absolute atomic E-state index is 13.0. The van der Waals surface area contributed by atoms with Crippen molar-refractivity contribution in [2.75, 3.05) is 0 Å². The lowest BCUT2D eigenvalue weighted by atomic mass is 10.1. The number of hydrogen-bond acceptors (Lipinski definition) is 6. The van der Waals surface area contributed by atoms with Crippen molar-refractivity contribution >= 4 is 17.8 Å². The average molecular weight is 413 g/mol. The number of para-hydroxylation sites is 1. The second kappa shape index (κ2) is 7.10. The molecule has 2 amide bonds. The van der Waals surface area contributed by atoms with Crippen molar-refractivity contribution in [3.63, 3.8) is 0 Å². The number of hydrogen-bond donors (Lipinski definition) is 0. The second-order valence-electron chi connectivity index (χ2n) is 6.91. The van der Waals surface area contributed by atoms with E-state index in [1.54, 1.807) is 31.2 Å². The molecule has 0 spiro atoms. The van der Waals surface area contributed by atoms with Crippen LogP contribution in [0.2, 0.25) is 0 Å². The number of amides is 2. The fourth-order valence-electron chi connectivity index (χ4n) is 3.36. The summed E-state index contributed by atoms with van der Waals surface area (Å²) in [5, 5.41) is 4.95. The van der Waals surface area contributed by atoms with Crippen molar-refractivity contribution in [1.82, 2.24) is 14.8 Å². The number of furan rings is 1. The molecule has 8 nitrogen and oxygen atoms in total. The number of aryl methyl sites for hydroxylation is 1. The zero-order valence-electron chi connectivity index (χ0n) is 16.3. The Morgan fingerprint density at radius 2 is 1.55 bits per heavy atom. The van der Waals surface area contributed by atoms with Gasteiger partial charge in [-0.1, -0.05) is 35.4 Å². The van der Waals surface area contributed by atoms with Crippen LogP contribution in [0.25, 0.3) is 17.1 Å². The zero-order chi connectivity index (χ0) is 21.5. The predicted octanol–water partition coefficient (Wildman–Crippen LogP) is 3.81. The van der Waals surface area contributed by atoms with Gasteiger partial charge in [0, 0.05) is 6.20 Å². The Morgan fingerprint density at radius 3 is 2.16 bits per heavy atom. The Kier molecular flexibility index (Phi) is 4.25. The number of imide groups is 1. The van der Waals surface area contributed by atoms with E-state index in [4.69, 9.17) is 9.25 Å². The van der Waals surface area contributed by atoms with Gasteiger partial charge in [0.25, 0.3) is 11.8 Å². The minimum Gasteiger partial charge on any atom is -0.460 e. The predicted molar refractivity (Wildman–Crippen MR) is 108 cm³/mol. The monoisotopic (exact) mass is 413 g/mol. The van der Waals surface area contributed by atoms with E-state index in [0.29, 0.717) is 22.3 Å². The third-order valence-electron chi connectivity index (χ3n) is 4.86. The number of benzene rings is 2. The van der Waals surface area contributed by atoms with Gasteiger partial charge in [-0.2, -0.15) is 5.10 Å². The molecule has 0 radical (unpaired) electrons. The van der Waals surface area contributed by atoms with E-state index < -0.39 is 17.8 Å². The largest absolute Gasteiger partial charge is 0.460 e. The first-order valence-electron chi connectivity index (χ1n) is 9.45. The number of carbonyl (C=O) groups is 3. The molecule has 8 heteroatoms. The summed E-state index contributed by atoms with van der Waals surface area (Å²) in [5.41, 5.74) is 1.37. The number of nitrogens with zero attached hydrogens (tertiary/aromatic N) is 3. The molecule has 152 valence electrons. The molecule has 4 aromatic rings. The van der Waals surface area contributed by atoms with Crippen LogP contribution in [0.5, 0.6) is 0 Å². The van der Waals surface area contributed by atoms with Crippen molar-refractivity contribution in [1.29, 1.82) is 0 Å². The van der Waals surface area contributed by atoms with Gasteiger partial charge in [-0.3, -0.25) is 9.59 Å². The van der Waals surface area contributed by atoms with E-state index in [9.17, 15) is 14.4 Å².